The first kappa shape index (κ1) is 8.93. The zero-order valence-corrected chi connectivity index (χ0v) is 6.56. The van der Waals surface area contributed by atoms with Crippen LogP contribution in [-0.2, 0) is 9.47 Å². The van der Waals surface area contributed by atoms with Gasteiger partial charge >= 0.3 is 0 Å². The minimum Gasteiger partial charge on any atom is -0.394 e. The molecule has 0 amide bonds. The van der Waals surface area contributed by atoms with Crippen LogP contribution in [0, 0.1) is 0 Å². The van der Waals surface area contributed by atoms with Gasteiger partial charge < -0.3 is 19.7 Å². The summed E-state index contributed by atoms with van der Waals surface area (Å²) in [6.07, 6.45) is -0.0611. The van der Waals surface area contributed by atoms with Crippen LogP contribution in [0.5, 0.6) is 0 Å². The number of ether oxygens (including phenoxy) is 2. The minimum atomic E-state index is -0.411. The zero-order valence-electron chi connectivity index (χ0n) is 6.56. The molecule has 0 aliphatic carbocycles. The molecule has 4 heteroatoms. The Bertz CT molecular complexity index is 105. The molecule has 1 unspecified atom stereocenters. The fraction of sp³-hybridized carbons (Fsp3) is 1.00. The summed E-state index contributed by atoms with van der Waals surface area (Å²) in [5.74, 6) is 0. The van der Waals surface area contributed by atoms with E-state index in [1.54, 1.807) is 0 Å². The van der Waals surface area contributed by atoms with Crippen molar-refractivity contribution in [1.82, 2.24) is 0 Å². The predicted octanol–water partition coefficient (Wildman–Crippen LogP) is -0.509. The molecule has 1 heterocycles. The third-order valence-electron chi connectivity index (χ3n) is 1.81. The van der Waals surface area contributed by atoms with E-state index in [1.165, 1.54) is 7.11 Å². The van der Waals surface area contributed by atoms with Crippen molar-refractivity contribution in [3.8, 4) is 0 Å². The first-order valence-corrected chi connectivity index (χ1v) is 3.73. The maximum Gasteiger partial charge on any atom is 0.160 e. The molecule has 3 atom stereocenters. The fourth-order valence-electron chi connectivity index (χ4n) is 1.22. The number of aliphatic hydroxyl groups excluding tert-OH is 2. The second-order valence-electron chi connectivity index (χ2n) is 2.73. The Kier molecular flexibility index (Phi) is 3.26. The summed E-state index contributed by atoms with van der Waals surface area (Å²) < 4.78 is 10.1. The first-order chi connectivity index (χ1) is 5.26. The van der Waals surface area contributed by atoms with Gasteiger partial charge in [-0.2, -0.15) is 0 Å². The topological polar surface area (TPSA) is 58.9 Å². The van der Waals surface area contributed by atoms with Crippen LogP contribution in [-0.4, -0.2) is 42.4 Å². The molecule has 1 aliphatic rings. The van der Waals surface area contributed by atoms with E-state index in [-0.39, 0.29) is 19.0 Å². The molecule has 1 fully saturated rings. The van der Waals surface area contributed by atoms with E-state index in [1.807, 2.05) is 0 Å². The van der Waals surface area contributed by atoms with Crippen molar-refractivity contribution >= 4 is 0 Å². The summed E-state index contributed by atoms with van der Waals surface area (Å²) >= 11 is 0. The lowest BCUT2D eigenvalue weighted by Gasteiger charge is -2.30. The van der Waals surface area contributed by atoms with E-state index in [0.29, 0.717) is 12.8 Å². The molecule has 0 radical (unpaired) electrons. The smallest absolute Gasteiger partial charge is 0.160 e. The van der Waals surface area contributed by atoms with E-state index < -0.39 is 6.10 Å². The lowest BCUT2D eigenvalue weighted by Crippen LogP contribution is -2.38. The van der Waals surface area contributed by atoms with Crippen LogP contribution >= 0.6 is 0 Å². The lowest BCUT2D eigenvalue weighted by molar-refractivity contribution is -0.210. The average molecular weight is 162 g/mol. The quantitative estimate of drug-likeness (QED) is 0.574. The molecule has 1 saturated heterocycles. The van der Waals surface area contributed by atoms with E-state index >= 15 is 0 Å². The van der Waals surface area contributed by atoms with Crippen molar-refractivity contribution in [1.29, 1.82) is 0 Å². The fourth-order valence-corrected chi connectivity index (χ4v) is 1.22. The molecule has 0 aromatic rings. The van der Waals surface area contributed by atoms with E-state index in [4.69, 9.17) is 14.6 Å². The summed E-state index contributed by atoms with van der Waals surface area (Å²) in [5, 5.41) is 18.0. The number of hydrogen-bond donors (Lipinski definition) is 2. The van der Waals surface area contributed by atoms with Gasteiger partial charge in [-0.25, -0.2) is 0 Å². The Morgan fingerprint density at radius 2 is 2.27 bits per heavy atom. The van der Waals surface area contributed by atoms with Gasteiger partial charge in [-0.15, -0.1) is 0 Å². The molecule has 1 aliphatic heterocycles. The second kappa shape index (κ2) is 4.01. The Morgan fingerprint density at radius 3 is 2.82 bits per heavy atom. The molecule has 0 aromatic heterocycles. The normalized spacial score (nSPS) is 39.0. The minimum absolute atomic E-state index is 0.0586. The van der Waals surface area contributed by atoms with Gasteiger partial charge in [0.25, 0.3) is 0 Å². The SMILES string of the molecule is CO[C@H]1CC(O)C[C@@H](CO)O1. The molecule has 1 rings (SSSR count). The maximum atomic E-state index is 9.24. The number of rotatable bonds is 2. The molecular weight excluding hydrogens is 148 g/mol. The summed E-state index contributed by atoms with van der Waals surface area (Å²) in [6.45, 7) is -0.0586. The van der Waals surface area contributed by atoms with Gasteiger partial charge in [0.2, 0.25) is 0 Å². The predicted molar refractivity (Wildman–Crippen MR) is 38.0 cm³/mol. The number of methoxy groups -OCH3 is 1. The van der Waals surface area contributed by atoms with E-state index in [2.05, 4.69) is 0 Å². The number of aliphatic hydroxyl groups is 2. The molecule has 0 bridgehead atoms. The van der Waals surface area contributed by atoms with E-state index in [9.17, 15) is 5.11 Å². The van der Waals surface area contributed by atoms with Gasteiger partial charge in [0, 0.05) is 20.0 Å². The van der Waals surface area contributed by atoms with Gasteiger partial charge in [-0.1, -0.05) is 0 Å². The molecule has 2 N–H and O–H groups in total. The monoisotopic (exact) mass is 162 g/mol. The van der Waals surface area contributed by atoms with Gasteiger partial charge in [0.1, 0.15) is 0 Å². The highest BCUT2D eigenvalue weighted by molar-refractivity contribution is 4.72. The van der Waals surface area contributed by atoms with Crippen LogP contribution in [0.4, 0.5) is 0 Å². The van der Waals surface area contributed by atoms with Gasteiger partial charge in [0.15, 0.2) is 6.29 Å². The molecule has 66 valence electrons. The summed E-state index contributed by atoms with van der Waals surface area (Å²) in [5.41, 5.74) is 0. The zero-order chi connectivity index (χ0) is 8.27. The van der Waals surface area contributed by atoms with Crippen molar-refractivity contribution in [2.45, 2.75) is 31.3 Å². The molecule has 0 saturated carbocycles. The van der Waals surface area contributed by atoms with Crippen LogP contribution in [0.15, 0.2) is 0 Å². The summed E-state index contributed by atoms with van der Waals surface area (Å²) in [6, 6.07) is 0. The van der Waals surface area contributed by atoms with E-state index in [0.717, 1.165) is 0 Å². The Labute approximate surface area is 65.7 Å². The molecule has 0 aromatic carbocycles. The standard InChI is InChI=1S/C7H14O4/c1-10-7-3-5(9)2-6(4-8)11-7/h5-9H,2-4H2,1H3/t5?,6-,7+/m0/s1. The van der Waals surface area contributed by atoms with Crippen molar-refractivity contribution in [2.75, 3.05) is 13.7 Å². The van der Waals surface area contributed by atoms with Crippen molar-refractivity contribution in [3.63, 3.8) is 0 Å². The molecule has 0 spiro atoms. The van der Waals surface area contributed by atoms with Crippen LogP contribution in [0.1, 0.15) is 12.8 Å². The number of hydrogen-bond acceptors (Lipinski definition) is 4. The molecule has 11 heavy (non-hydrogen) atoms. The average Bonchev–Trinajstić information content (AvgIpc) is 2.03. The van der Waals surface area contributed by atoms with Crippen molar-refractivity contribution in [2.24, 2.45) is 0 Å². The van der Waals surface area contributed by atoms with Gasteiger partial charge in [0.05, 0.1) is 18.8 Å². The molecular formula is C7H14O4. The highest BCUT2D eigenvalue weighted by Crippen LogP contribution is 2.19. The Hall–Kier alpha value is -0.160. The third kappa shape index (κ3) is 2.41. The second-order valence-corrected chi connectivity index (χ2v) is 2.73. The summed E-state index contributed by atoms with van der Waals surface area (Å²) in [7, 11) is 1.52. The molecule has 4 nitrogen and oxygen atoms in total. The van der Waals surface area contributed by atoms with Gasteiger partial charge in [-0.3, -0.25) is 0 Å². The largest absolute Gasteiger partial charge is 0.394 e. The third-order valence-corrected chi connectivity index (χ3v) is 1.81. The van der Waals surface area contributed by atoms with Crippen LogP contribution < -0.4 is 0 Å². The summed E-state index contributed by atoms with van der Waals surface area (Å²) in [4.78, 5) is 0. The van der Waals surface area contributed by atoms with Crippen LogP contribution in [0.3, 0.4) is 0 Å². The van der Waals surface area contributed by atoms with Gasteiger partial charge in [-0.05, 0) is 0 Å². The van der Waals surface area contributed by atoms with Crippen LogP contribution in [0.25, 0.3) is 0 Å². The van der Waals surface area contributed by atoms with Crippen molar-refractivity contribution < 1.29 is 19.7 Å². The van der Waals surface area contributed by atoms with Crippen molar-refractivity contribution in [3.05, 3.63) is 0 Å². The Morgan fingerprint density at radius 1 is 1.55 bits per heavy atom. The highest BCUT2D eigenvalue weighted by Gasteiger charge is 2.27. The first-order valence-electron chi connectivity index (χ1n) is 3.73. The Balaban J connectivity index is 2.37. The van der Waals surface area contributed by atoms with Crippen LogP contribution in [0.2, 0.25) is 0 Å². The maximum absolute atomic E-state index is 9.24. The highest BCUT2D eigenvalue weighted by atomic mass is 16.7. The lowest BCUT2D eigenvalue weighted by atomic mass is 10.1.